The van der Waals surface area contributed by atoms with Crippen molar-refractivity contribution in [2.75, 3.05) is 6.54 Å². The highest BCUT2D eigenvalue weighted by atomic mass is 16.2. The maximum Gasteiger partial charge on any atom is 0.242 e. The summed E-state index contributed by atoms with van der Waals surface area (Å²) in [7, 11) is 0. The topological polar surface area (TPSA) is 93.1 Å². The van der Waals surface area contributed by atoms with Gasteiger partial charge >= 0.3 is 0 Å². The van der Waals surface area contributed by atoms with E-state index in [0.29, 0.717) is 17.4 Å². The smallest absolute Gasteiger partial charge is 0.242 e. The third-order valence-corrected chi connectivity index (χ3v) is 3.18. The SMILES string of the molecule is CCNC(=O)[C@@H](C)NC(=O)Cn1ncc(=O)c2ccccc21. The van der Waals surface area contributed by atoms with Crippen LogP contribution in [-0.4, -0.2) is 34.2 Å². The number of aromatic nitrogens is 2. The van der Waals surface area contributed by atoms with Gasteiger partial charge in [-0.15, -0.1) is 0 Å². The predicted octanol–water partition coefficient (Wildman–Crippen LogP) is 0.0373. The molecule has 7 nitrogen and oxygen atoms in total. The van der Waals surface area contributed by atoms with Gasteiger partial charge in [-0.25, -0.2) is 0 Å². The Balaban J connectivity index is 2.14. The van der Waals surface area contributed by atoms with Gasteiger partial charge in [0, 0.05) is 11.9 Å². The van der Waals surface area contributed by atoms with Gasteiger partial charge in [-0.1, -0.05) is 12.1 Å². The lowest BCUT2D eigenvalue weighted by atomic mass is 10.2. The van der Waals surface area contributed by atoms with E-state index in [1.165, 1.54) is 10.9 Å². The van der Waals surface area contributed by atoms with Crippen LogP contribution >= 0.6 is 0 Å². The van der Waals surface area contributed by atoms with Crippen molar-refractivity contribution in [3.05, 3.63) is 40.7 Å². The summed E-state index contributed by atoms with van der Waals surface area (Å²) in [6, 6.07) is 6.31. The van der Waals surface area contributed by atoms with Crippen LogP contribution in [0, 0.1) is 0 Å². The highest BCUT2D eigenvalue weighted by Crippen LogP contribution is 2.07. The number of amides is 2. The Morgan fingerprint density at radius 3 is 2.77 bits per heavy atom. The van der Waals surface area contributed by atoms with Gasteiger partial charge in [0.15, 0.2) is 0 Å². The molecule has 2 N–H and O–H groups in total. The molecule has 1 atom stereocenters. The van der Waals surface area contributed by atoms with Gasteiger partial charge in [0.1, 0.15) is 12.6 Å². The lowest BCUT2D eigenvalue weighted by Crippen LogP contribution is -2.45. The molecule has 2 rings (SSSR count). The quantitative estimate of drug-likeness (QED) is 0.815. The van der Waals surface area contributed by atoms with Crippen LogP contribution in [0.5, 0.6) is 0 Å². The molecule has 2 amide bonds. The standard InChI is InChI=1S/C15H18N4O3/c1-3-16-15(22)10(2)18-14(21)9-19-12-7-5-4-6-11(12)13(20)8-17-19/h4-8,10H,3,9H2,1-2H3,(H,16,22)(H,18,21)/t10-/m1/s1. The summed E-state index contributed by atoms with van der Waals surface area (Å²) in [5.74, 6) is -0.589. The van der Waals surface area contributed by atoms with Crippen LogP contribution < -0.4 is 16.1 Å². The molecule has 0 saturated carbocycles. The Hall–Kier alpha value is -2.70. The van der Waals surface area contributed by atoms with E-state index in [4.69, 9.17) is 0 Å². The normalized spacial score (nSPS) is 11.9. The van der Waals surface area contributed by atoms with Crippen LogP contribution in [0.25, 0.3) is 10.9 Å². The van der Waals surface area contributed by atoms with Gasteiger partial charge in [0.2, 0.25) is 17.2 Å². The number of benzene rings is 1. The number of para-hydroxylation sites is 1. The van der Waals surface area contributed by atoms with Crippen LogP contribution in [0.15, 0.2) is 35.3 Å². The zero-order valence-corrected chi connectivity index (χ0v) is 12.5. The fraction of sp³-hybridized carbons (Fsp3) is 0.333. The largest absolute Gasteiger partial charge is 0.355 e. The van der Waals surface area contributed by atoms with Gasteiger partial charge in [-0.2, -0.15) is 5.10 Å². The van der Waals surface area contributed by atoms with Crippen molar-refractivity contribution in [1.29, 1.82) is 0 Å². The third kappa shape index (κ3) is 3.49. The van der Waals surface area contributed by atoms with E-state index in [1.807, 2.05) is 6.92 Å². The number of carbonyl (C=O) groups excluding carboxylic acids is 2. The van der Waals surface area contributed by atoms with Crippen molar-refractivity contribution in [2.45, 2.75) is 26.4 Å². The molecular weight excluding hydrogens is 284 g/mol. The van der Waals surface area contributed by atoms with Crippen molar-refractivity contribution in [3.8, 4) is 0 Å². The van der Waals surface area contributed by atoms with E-state index in [-0.39, 0.29) is 23.8 Å². The minimum atomic E-state index is -0.627. The molecule has 1 aromatic carbocycles. The Morgan fingerprint density at radius 2 is 2.05 bits per heavy atom. The van der Waals surface area contributed by atoms with E-state index < -0.39 is 6.04 Å². The van der Waals surface area contributed by atoms with E-state index in [0.717, 1.165) is 0 Å². The molecule has 1 aromatic heterocycles. The summed E-state index contributed by atoms with van der Waals surface area (Å²) >= 11 is 0. The Morgan fingerprint density at radius 1 is 1.32 bits per heavy atom. The summed E-state index contributed by atoms with van der Waals surface area (Å²) in [5.41, 5.74) is 0.388. The number of rotatable bonds is 5. The molecule has 0 aliphatic heterocycles. The average molecular weight is 302 g/mol. The third-order valence-electron chi connectivity index (χ3n) is 3.18. The van der Waals surface area contributed by atoms with Crippen molar-refractivity contribution in [3.63, 3.8) is 0 Å². The molecule has 0 unspecified atom stereocenters. The fourth-order valence-electron chi connectivity index (χ4n) is 2.10. The summed E-state index contributed by atoms with van der Waals surface area (Å²) in [5, 5.41) is 9.72. The second-order valence-electron chi connectivity index (χ2n) is 4.87. The Labute approximate surface area is 127 Å². The van der Waals surface area contributed by atoms with Crippen LogP contribution in [0.4, 0.5) is 0 Å². The average Bonchev–Trinajstić information content (AvgIpc) is 2.50. The molecule has 0 spiro atoms. The summed E-state index contributed by atoms with van der Waals surface area (Å²) in [6.45, 7) is 3.86. The minimum absolute atomic E-state index is 0.0649. The molecule has 0 saturated heterocycles. The molecule has 2 aromatic rings. The lowest BCUT2D eigenvalue weighted by molar-refractivity contribution is -0.128. The first-order valence-electron chi connectivity index (χ1n) is 7.05. The first-order valence-corrected chi connectivity index (χ1v) is 7.05. The molecular formula is C15H18N4O3. The zero-order chi connectivity index (χ0) is 16.1. The first kappa shape index (κ1) is 15.7. The molecule has 0 fully saturated rings. The van der Waals surface area contributed by atoms with Gasteiger partial charge in [-0.05, 0) is 26.0 Å². The highest BCUT2D eigenvalue weighted by molar-refractivity contribution is 5.87. The van der Waals surface area contributed by atoms with Crippen LogP contribution in [0.3, 0.4) is 0 Å². The number of nitrogens with zero attached hydrogens (tertiary/aromatic N) is 2. The number of hydrogen-bond acceptors (Lipinski definition) is 4. The van der Waals surface area contributed by atoms with E-state index >= 15 is 0 Å². The van der Waals surface area contributed by atoms with Crippen LogP contribution in [0.2, 0.25) is 0 Å². The fourth-order valence-corrected chi connectivity index (χ4v) is 2.10. The predicted molar refractivity (Wildman–Crippen MR) is 82.3 cm³/mol. The number of carbonyl (C=O) groups is 2. The maximum atomic E-state index is 12.0. The molecule has 7 heteroatoms. The lowest BCUT2D eigenvalue weighted by Gasteiger charge is -2.14. The summed E-state index contributed by atoms with van der Waals surface area (Å²) in [6.07, 6.45) is 1.18. The van der Waals surface area contributed by atoms with Crippen molar-refractivity contribution in [2.24, 2.45) is 0 Å². The molecule has 0 bridgehead atoms. The highest BCUT2D eigenvalue weighted by Gasteiger charge is 2.15. The molecule has 22 heavy (non-hydrogen) atoms. The second-order valence-corrected chi connectivity index (χ2v) is 4.87. The number of nitrogens with one attached hydrogen (secondary N) is 2. The number of likely N-dealkylation sites (N-methyl/N-ethyl adjacent to an activating group) is 1. The van der Waals surface area contributed by atoms with Gasteiger partial charge in [0.25, 0.3) is 0 Å². The van der Waals surface area contributed by atoms with Gasteiger partial charge < -0.3 is 10.6 Å². The van der Waals surface area contributed by atoms with E-state index in [1.54, 1.807) is 31.2 Å². The van der Waals surface area contributed by atoms with Gasteiger partial charge in [-0.3, -0.25) is 19.1 Å². The monoisotopic (exact) mass is 302 g/mol. The molecule has 0 aliphatic rings. The van der Waals surface area contributed by atoms with E-state index in [2.05, 4.69) is 15.7 Å². The van der Waals surface area contributed by atoms with Crippen LogP contribution in [-0.2, 0) is 16.1 Å². The summed E-state index contributed by atoms with van der Waals surface area (Å²) < 4.78 is 1.44. The summed E-state index contributed by atoms with van der Waals surface area (Å²) in [4.78, 5) is 35.4. The molecule has 1 heterocycles. The zero-order valence-electron chi connectivity index (χ0n) is 12.5. The number of hydrogen-bond donors (Lipinski definition) is 2. The van der Waals surface area contributed by atoms with Crippen LogP contribution in [0.1, 0.15) is 13.8 Å². The maximum absolute atomic E-state index is 12.0. The van der Waals surface area contributed by atoms with Crippen molar-refractivity contribution in [1.82, 2.24) is 20.4 Å². The minimum Gasteiger partial charge on any atom is -0.355 e. The molecule has 0 aliphatic carbocycles. The molecule has 116 valence electrons. The Bertz CT molecular complexity index is 754. The first-order chi connectivity index (χ1) is 10.5. The van der Waals surface area contributed by atoms with Crippen molar-refractivity contribution < 1.29 is 9.59 Å². The second kappa shape index (κ2) is 6.84. The number of fused-ring (bicyclic) bond motifs is 1. The van der Waals surface area contributed by atoms with Gasteiger partial charge in [0.05, 0.1) is 11.7 Å². The van der Waals surface area contributed by atoms with Crippen molar-refractivity contribution >= 4 is 22.7 Å². The molecule has 0 radical (unpaired) electrons. The van der Waals surface area contributed by atoms with E-state index in [9.17, 15) is 14.4 Å². The Kier molecular flexibility index (Phi) is 4.88.